The fraction of sp³-hybridized carbons (Fsp3) is 0.533. The average molecular weight is 270 g/mol. The van der Waals surface area contributed by atoms with Gasteiger partial charge in [0.25, 0.3) is 5.91 Å². The first-order valence-electron chi connectivity index (χ1n) is 7.41. The van der Waals surface area contributed by atoms with Gasteiger partial charge in [-0.05, 0) is 36.8 Å². The minimum atomic E-state index is 0.0786. The molecule has 4 rings (SSSR count). The van der Waals surface area contributed by atoms with E-state index in [2.05, 4.69) is 15.2 Å². The van der Waals surface area contributed by atoms with Crippen LogP contribution in [0.1, 0.15) is 36.2 Å². The first kappa shape index (κ1) is 11.9. The Bertz CT molecular complexity index is 636. The highest BCUT2D eigenvalue weighted by Gasteiger charge is 2.37. The molecule has 2 aromatic rings. The molecule has 1 N–H and O–H groups in total. The van der Waals surface area contributed by atoms with Crippen LogP contribution >= 0.6 is 0 Å². The van der Waals surface area contributed by atoms with Crippen LogP contribution in [0.3, 0.4) is 0 Å². The number of hydrogen-bond acceptors (Lipinski definition) is 3. The largest absolute Gasteiger partial charge is 0.337 e. The number of nitrogens with one attached hydrogen (secondary N) is 1. The molecule has 2 aromatic heterocycles. The molecule has 104 valence electrons. The van der Waals surface area contributed by atoms with E-state index in [9.17, 15) is 4.79 Å². The summed E-state index contributed by atoms with van der Waals surface area (Å²) < 4.78 is 0. The third-order valence-corrected chi connectivity index (χ3v) is 4.81. The molecule has 1 saturated carbocycles. The maximum Gasteiger partial charge on any atom is 0.272 e. The summed E-state index contributed by atoms with van der Waals surface area (Å²) in [4.78, 5) is 18.9. The Morgan fingerprint density at radius 3 is 2.75 bits per heavy atom. The summed E-state index contributed by atoms with van der Waals surface area (Å²) in [5, 5.41) is 7.81. The van der Waals surface area contributed by atoms with Gasteiger partial charge >= 0.3 is 0 Å². The molecule has 0 spiro atoms. The molecule has 2 atom stereocenters. The fourth-order valence-electron chi connectivity index (χ4n) is 3.74. The van der Waals surface area contributed by atoms with Gasteiger partial charge in [0.05, 0.1) is 5.39 Å². The Labute approximate surface area is 117 Å². The lowest BCUT2D eigenvalue weighted by Gasteiger charge is -2.22. The van der Waals surface area contributed by atoms with Crippen molar-refractivity contribution in [3.8, 4) is 0 Å². The van der Waals surface area contributed by atoms with Gasteiger partial charge in [0.15, 0.2) is 5.65 Å². The number of aromatic amines is 1. The first-order valence-corrected chi connectivity index (χ1v) is 7.41. The molecule has 0 aromatic carbocycles. The maximum absolute atomic E-state index is 12.7. The Balaban J connectivity index is 1.61. The van der Waals surface area contributed by atoms with Gasteiger partial charge in [0.2, 0.25) is 0 Å². The highest BCUT2D eigenvalue weighted by Crippen LogP contribution is 2.36. The van der Waals surface area contributed by atoms with E-state index in [1.165, 1.54) is 25.7 Å². The highest BCUT2D eigenvalue weighted by molar-refractivity contribution is 6.03. The van der Waals surface area contributed by atoms with E-state index in [4.69, 9.17) is 0 Å². The van der Waals surface area contributed by atoms with E-state index in [1.54, 1.807) is 6.20 Å². The molecule has 1 aliphatic carbocycles. The Hall–Kier alpha value is -1.91. The fourth-order valence-corrected chi connectivity index (χ4v) is 3.74. The summed E-state index contributed by atoms with van der Waals surface area (Å²) in [6, 6.07) is 3.75. The van der Waals surface area contributed by atoms with Gasteiger partial charge in [-0.25, -0.2) is 4.98 Å². The molecule has 2 aliphatic rings. The van der Waals surface area contributed by atoms with Crippen LogP contribution < -0.4 is 0 Å². The van der Waals surface area contributed by atoms with Crippen molar-refractivity contribution in [1.82, 2.24) is 20.1 Å². The number of carbonyl (C=O) groups is 1. The summed E-state index contributed by atoms with van der Waals surface area (Å²) in [6.07, 6.45) is 6.89. The van der Waals surface area contributed by atoms with Crippen molar-refractivity contribution in [1.29, 1.82) is 0 Å². The number of nitrogens with zero attached hydrogens (tertiary/aromatic N) is 3. The summed E-state index contributed by atoms with van der Waals surface area (Å²) in [5.41, 5.74) is 1.21. The lowest BCUT2D eigenvalue weighted by Crippen LogP contribution is -2.29. The van der Waals surface area contributed by atoms with Gasteiger partial charge in [-0.1, -0.05) is 12.8 Å². The smallest absolute Gasteiger partial charge is 0.272 e. The zero-order valence-corrected chi connectivity index (χ0v) is 11.4. The molecular formula is C15H18N4O. The van der Waals surface area contributed by atoms with Crippen molar-refractivity contribution in [3.05, 3.63) is 24.0 Å². The van der Waals surface area contributed by atoms with E-state index < -0.39 is 0 Å². The molecule has 1 amide bonds. The predicted octanol–water partition coefficient (Wildman–Crippen LogP) is 2.22. The highest BCUT2D eigenvalue weighted by atomic mass is 16.2. The van der Waals surface area contributed by atoms with E-state index in [0.717, 1.165) is 18.5 Å². The van der Waals surface area contributed by atoms with Gasteiger partial charge in [0, 0.05) is 19.3 Å². The molecule has 1 aliphatic heterocycles. The zero-order valence-electron chi connectivity index (χ0n) is 11.4. The summed E-state index contributed by atoms with van der Waals surface area (Å²) >= 11 is 0. The summed E-state index contributed by atoms with van der Waals surface area (Å²) in [5.74, 6) is 1.50. The molecule has 5 heteroatoms. The standard InChI is InChI=1S/C15H18N4O/c20-15(13-12-6-3-7-16-14(12)18-17-13)19-8-10-4-1-2-5-11(10)9-19/h3,6-7,10-11H,1-2,4-5,8-9H2,(H,16,17,18)/t10-,11+. The van der Waals surface area contributed by atoms with Gasteiger partial charge in [0.1, 0.15) is 5.69 Å². The lowest BCUT2D eigenvalue weighted by molar-refractivity contribution is 0.0780. The molecule has 20 heavy (non-hydrogen) atoms. The van der Waals surface area contributed by atoms with Crippen molar-refractivity contribution < 1.29 is 4.79 Å². The topological polar surface area (TPSA) is 61.9 Å². The second kappa shape index (κ2) is 4.58. The number of amides is 1. The van der Waals surface area contributed by atoms with Crippen LogP contribution in [0.15, 0.2) is 18.3 Å². The molecule has 2 fully saturated rings. The molecule has 5 nitrogen and oxygen atoms in total. The monoisotopic (exact) mass is 270 g/mol. The van der Waals surface area contributed by atoms with Crippen molar-refractivity contribution in [3.63, 3.8) is 0 Å². The molecule has 3 heterocycles. The lowest BCUT2D eigenvalue weighted by atomic mass is 9.82. The minimum absolute atomic E-state index is 0.0786. The van der Waals surface area contributed by atoms with Crippen LogP contribution in [-0.4, -0.2) is 39.1 Å². The van der Waals surface area contributed by atoms with Crippen LogP contribution in [0, 0.1) is 11.8 Å². The van der Waals surface area contributed by atoms with Crippen LogP contribution in [0.2, 0.25) is 0 Å². The van der Waals surface area contributed by atoms with Crippen LogP contribution in [0.4, 0.5) is 0 Å². The summed E-state index contributed by atoms with van der Waals surface area (Å²) in [6.45, 7) is 1.81. The third-order valence-electron chi connectivity index (χ3n) is 4.81. The van der Waals surface area contributed by atoms with Crippen LogP contribution in [0.25, 0.3) is 11.0 Å². The number of pyridine rings is 1. The van der Waals surface area contributed by atoms with Gasteiger partial charge in [-0.15, -0.1) is 0 Å². The number of fused-ring (bicyclic) bond motifs is 2. The van der Waals surface area contributed by atoms with Crippen LogP contribution in [0.5, 0.6) is 0 Å². The van der Waals surface area contributed by atoms with Gasteiger partial charge in [-0.3, -0.25) is 9.89 Å². The third kappa shape index (κ3) is 1.80. The SMILES string of the molecule is O=C(c1[nH]nc2ncccc12)N1C[C@H]2CCCC[C@H]2C1. The van der Waals surface area contributed by atoms with Crippen molar-refractivity contribution in [2.24, 2.45) is 11.8 Å². The molecule has 1 saturated heterocycles. The van der Waals surface area contributed by atoms with Crippen molar-refractivity contribution in [2.75, 3.05) is 13.1 Å². The average Bonchev–Trinajstić information content (AvgIpc) is 3.10. The minimum Gasteiger partial charge on any atom is -0.337 e. The second-order valence-electron chi connectivity index (χ2n) is 5.99. The molecule has 0 radical (unpaired) electrons. The predicted molar refractivity (Wildman–Crippen MR) is 75.2 cm³/mol. The van der Waals surface area contributed by atoms with E-state index in [-0.39, 0.29) is 5.91 Å². The van der Waals surface area contributed by atoms with Gasteiger partial charge in [-0.2, -0.15) is 5.10 Å². The second-order valence-corrected chi connectivity index (χ2v) is 5.99. The van der Waals surface area contributed by atoms with Gasteiger partial charge < -0.3 is 4.90 Å². The van der Waals surface area contributed by atoms with Crippen LogP contribution in [-0.2, 0) is 0 Å². The van der Waals surface area contributed by atoms with E-state index in [1.807, 2.05) is 17.0 Å². The number of carbonyl (C=O) groups excluding carboxylic acids is 1. The number of hydrogen-bond donors (Lipinski definition) is 1. The van der Waals surface area contributed by atoms with E-state index in [0.29, 0.717) is 23.2 Å². The zero-order chi connectivity index (χ0) is 13.5. The normalized spacial score (nSPS) is 25.9. The number of aromatic nitrogens is 3. The number of H-pyrrole nitrogens is 1. The van der Waals surface area contributed by atoms with E-state index >= 15 is 0 Å². The van der Waals surface area contributed by atoms with Crippen molar-refractivity contribution >= 4 is 16.9 Å². The maximum atomic E-state index is 12.7. The Morgan fingerprint density at radius 1 is 1.25 bits per heavy atom. The van der Waals surface area contributed by atoms with Crippen molar-refractivity contribution in [2.45, 2.75) is 25.7 Å². The number of rotatable bonds is 1. The quantitative estimate of drug-likeness (QED) is 0.864. The summed E-state index contributed by atoms with van der Waals surface area (Å²) in [7, 11) is 0. The number of likely N-dealkylation sites (tertiary alicyclic amines) is 1. The molecular weight excluding hydrogens is 252 g/mol. The molecule has 0 unspecified atom stereocenters. The molecule has 0 bridgehead atoms. The Kier molecular flexibility index (Phi) is 2.72. The first-order chi connectivity index (χ1) is 9.83. The Morgan fingerprint density at radius 2 is 2.00 bits per heavy atom.